The second-order valence-corrected chi connectivity index (χ2v) is 5.40. The summed E-state index contributed by atoms with van der Waals surface area (Å²) in [7, 11) is 0. The molecule has 2 amide bonds. The number of benzene rings is 2. The van der Waals surface area contributed by atoms with E-state index in [1.165, 1.54) is 0 Å². The summed E-state index contributed by atoms with van der Waals surface area (Å²) in [4.78, 5) is 23.6. The number of hydrogen-bond donors (Lipinski definition) is 2. The van der Waals surface area contributed by atoms with Crippen LogP contribution in [0.2, 0.25) is 0 Å². The van der Waals surface area contributed by atoms with Crippen LogP contribution in [0.5, 0.6) is 11.5 Å². The van der Waals surface area contributed by atoms with Crippen molar-refractivity contribution in [3.63, 3.8) is 0 Å². The van der Waals surface area contributed by atoms with Crippen LogP contribution in [0.4, 0.5) is 0 Å². The van der Waals surface area contributed by atoms with Gasteiger partial charge in [-0.3, -0.25) is 9.59 Å². The summed E-state index contributed by atoms with van der Waals surface area (Å²) in [5.41, 5.74) is 1.88. The summed E-state index contributed by atoms with van der Waals surface area (Å²) < 4.78 is 10.5. The summed E-state index contributed by atoms with van der Waals surface area (Å²) >= 11 is 0. The van der Waals surface area contributed by atoms with Crippen molar-refractivity contribution in [2.45, 2.75) is 19.5 Å². The molecule has 0 saturated carbocycles. The van der Waals surface area contributed by atoms with Crippen molar-refractivity contribution in [2.75, 3.05) is 6.79 Å². The molecule has 1 aliphatic rings. The van der Waals surface area contributed by atoms with Crippen LogP contribution in [0, 0.1) is 0 Å². The van der Waals surface area contributed by atoms with E-state index in [4.69, 9.17) is 9.47 Å². The number of ether oxygens (including phenoxy) is 2. The van der Waals surface area contributed by atoms with E-state index < -0.39 is 0 Å². The van der Waals surface area contributed by atoms with Crippen molar-refractivity contribution in [3.05, 3.63) is 59.7 Å². The predicted molar refractivity (Wildman–Crippen MR) is 87.3 cm³/mol. The highest BCUT2D eigenvalue weighted by atomic mass is 16.7. The fourth-order valence-corrected chi connectivity index (χ4v) is 2.32. The van der Waals surface area contributed by atoms with E-state index in [0.717, 1.165) is 11.1 Å². The van der Waals surface area contributed by atoms with E-state index in [1.807, 2.05) is 42.5 Å². The summed E-state index contributed by atoms with van der Waals surface area (Å²) in [6.45, 7) is 0.962. The van der Waals surface area contributed by atoms with Crippen LogP contribution in [0.3, 0.4) is 0 Å². The van der Waals surface area contributed by atoms with E-state index in [0.29, 0.717) is 24.6 Å². The molecule has 0 fully saturated rings. The van der Waals surface area contributed by atoms with Crippen LogP contribution in [-0.2, 0) is 22.7 Å². The topological polar surface area (TPSA) is 76.7 Å². The zero-order chi connectivity index (χ0) is 16.8. The maximum absolute atomic E-state index is 11.8. The molecule has 6 heteroatoms. The van der Waals surface area contributed by atoms with Crippen molar-refractivity contribution in [3.8, 4) is 11.5 Å². The van der Waals surface area contributed by atoms with E-state index in [2.05, 4.69) is 10.6 Å². The second-order valence-electron chi connectivity index (χ2n) is 5.40. The molecule has 24 heavy (non-hydrogen) atoms. The van der Waals surface area contributed by atoms with Gasteiger partial charge in [0, 0.05) is 13.1 Å². The van der Waals surface area contributed by atoms with Crippen LogP contribution in [-0.4, -0.2) is 18.6 Å². The molecule has 1 heterocycles. The third kappa shape index (κ3) is 4.25. The lowest BCUT2D eigenvalue weighted by molar-refractivity contribution is -0.129. The highest BCUT2D eigenvalue weighted by molar-refractivity contribution is 5.96. The fraction of sp³-hybridized carbons (Fsp3) is 0.222. The Balaban J connectivity index is 1.41. The van der Waals surface area contributed by atoms with Crippen LogP contribution in [0.25, 0.3) is 0 Å². The number of carbonyl (C=O) groups is 2. The number of hydrogen-bond acceptors (Lipinski definition) is 4. The van der Waals surface area contributed by atoms with Gasteiger partial charge in [-0.15, -0.1) is 0 Å². The van der Waals surface area contributed by atoms with Gasteiger partial charge in [-0.25, -0.2) is 0 Å². The van der Waals surface area contributed by atoms with E-state index >= 15 is 0 Å². The summed E-state index contributed by atoms with van der Waals surface area (Å²) in [6.07, 6.45) is -0.197. The first-order valence-electron chi connectivity index (χ1n) is 7.66. The molecule has 0 aromatic heterocycles. The number of fused-ring (bicyclic) bond motifs is 1. The van der Waals surface area contributed by atoms with Crippen molar-refractivity contribution < 1.29 is 19.1 Å². The van der Waals surface area contributed by atoms with Gasteiger partial charge in [-0.2, -0.15) is 0 Å². The van der Waals surface area contributed by atoms with Gasteiger partial charge in [0.1, 0.15) is 6.42 Å². The molecular weight excluding hydrogens is 308 g/mol. The Morgan fingerprint density at radius 2 is 1.50 bits per heavy atom. The molecule has 0 saturated heterocycles. The van der Waals surface area contributed by atoms with Crippen LogP contribution in [0.1, 0.15) is 17.5 Å². The van der Waals surface area contributed by atoms with Gasteiger partial charge in [0.15, 0.2) is 11.5 Å². The predicted octanol–water partition coefficient (Wildman–Crippen LogP) is 1.74. The lowest BCUT2D eigenvalue weighted by Gasteiger charge is -2.07. The average molecular weight is 326 g/mol. The lowest BCUT2D eigenvalue weighted by Crippen LogP contribution is -2.31. The average Bonchev–Trinajstić information content (AvgIpc) is 3.07. The molecule has 0 radical (unpaired) electrons. The maximum Gasteiger partial charge on any atom is 0.231 e. The normalized spacial score (nSPS) is 11.8. The second kappa shape index (κ2) is 7.50. The van der Waals surface area contributed by atoms with E-state index in [1.54, 1.807) is 6.07 Å². The molecule has 6 nitrogen and oxygen atoms in total. The zero-order valence-corrected chi connectivity index (χ0v) is 13.1. The molecule has 0 atom stereocenters. The first kappa shape index (κ1) is 15.9. The Hall–Kier alpha value is -3.02. The minimum Gasteiger partial charge on any atom is -0.454 e. The van der Waals surface area contributed by atoms with E-state index in [9.17, 15) is 9.59 Å². The smallest absolute Gasteiger partial charge is 0.231 e. The van der Waals surface area contributed by atoms with Gasteiger partial charge in [0.05, 0.1) is 0 Å². The highest BCUT2D eigenvalue weighted by Gasteiger charge is 2.14. The van der Waals surface area contributed by atoms with Crippen LogP contribution >= 0.6 is 0 Å². The summed E-state index contributed by atoms with van der Waals surface area (Å²) in [6, 6.07) is 15.0. The first-order chi connectivity index (χ1) is 11.7. The van der Waals surface area contributed by atoms with Crippen molar-refractivity contribution in [2.24, 2.45) is 0 Å². The number of amides is 2. The first-order valence-corrected chi connectivity index (χ1v) is 7.66. The van der Waals surface area contributed by atoms with Crippen LogP contribution in [0.15, 0.2) is 48.5 Å². The molecule has 124 valence electrons. The monoisotopic (exact) mass is 326 g/mol. The Morgan fingerprint density at radius 1 is 0.833 bits per heavy atom. The molecular formula is C18H18N2O4. The van der Waals surface area contributed by atoms with Gasteiger partial charge in [-0.05, 0) is 23.3 Å². The van der Waals surface area contributed by atoms with Gasteiger partial charge < -0.3 is 20.1 Å². The summed E-state index contributed by atoms with van der Waals surface area (Å²) in [5, 5.41) is 5.45. The van der Waals surface area contributed by atoms with E-state index in [-0.39, 0.29) is 25.0 Å². The largest absolute Gasteiger partial charge is 0.454 e. The summed E-state index contributed by atoms with van der Waals surface area (Å²) in [5.74, 6) is 0.744. The molecule has 1 aliphatic heterocycles. The Kier molecular flexibility index (Phi) is 4.96. The van der Waals surface area contributed by atoms with Crippen LogP contribution < -0.4 is 20.1 Å². The molecule has 2 aromatic rings. The number of rotatable bonds is 6. The standard InChI is InChI=1S/C18H18N2O4/c21-17(19-10-13-4-2-1-3-5-13)9-18(22)20-11-14-6-7-15-16(8-14)24-12-23-15/h1-8H,9-12H2,(H,19,21)(H,20,22). The lowest BCUT2D eigenvalue weighted by atomic mass is 10.2. The molecule has 2 aromatic carbocycles. The third-order valence-corrected chi connectivity index (χ3v) is 3.58. The zero-order valence-electron chi connectivity index (χ0n) is 13.1. The molecule has 0 spiro atoms. The van der Waals surface area contributed by atoms with Gasteiger partial charge in [-0.1, -0.05) is 36.4 Å². The number of carbonyl (C=O) groups excluding carboxylic acids is 2. The number of nitrogens with one attached hydrogen (secondary N) is 2. The van der Waals surface area contributed by atoms with Crippen molar-refractivity contribution in [1.82, 2.24) is 10.6 Å². The van der Waals surface area contributed by atoms with Crippen molar-refractivity contribution in [1.29, 1.82) is 0 Å². The Bertz CT molecular complexity index is 731. The van der Waals surface area contributed by atoms with Gasteiger partial charge in [0.25, 0.3) is 0 Å². The molecule has 2 N–H and O–H groups in total. The SMILES string of the molecule is O=C(CC(=O)NCc1ccc2c(c1)OCO2)NCc1ccccc1. The fourth-order valence-electron chi connectivity index (χ4n) is 2.32. The highest BCUT2D eigenvalue weighted by Crippen LogP contribution is 2.32. The molecule has 0 aliphatic carbocycles. The molecule has 3 rings (SSSR count). The maximum atomic E-state index is 11.8. The Morgan fingerprint density at radius 3 is 2.25 bits per heavy atom. The quantitative estimate of drug-likeness (QED) is 0.793. The third-order valence-electron chi connectivity index (χ3n) is 3.58. The Labute approximate surface area is 139 Å². The molecule has 0 bridgehead atoms. The van der Waals surface area contributed by atoms with Gasteiger partial charge >= 0.3 is 0 Å². The van der Waals surface area contributed by atoms with Gasteiger partial charge in [0.2, 0.25) is 18.6 Å². The minimum atomic E-state index is -0.321. The molecule has 0 unspecified atom stereocenters. The van der Waals surface area contributed by atoms with Crippen molar-refractivity contribution >= 4 is 11.8 Å². The minimum absolute atomic E-state index is 0.197.